The second-order valence-electron chi connectivity index (χ2n) is 7.16. The lowest BCUT2D eigenvalue weighted by atomic mass is 10.1. The van der Waals surface area contributed by atoms with Crippen molar-refractivity contribution >= 4 is 5.91 Å². The molecule has 27 heavy (non-hydrogen) atoms. The number of nitrogens with zero attached hydrogens (tertiary/aromatic N) is 5. The van der Waals surface area contributed by atoms with Crippen molar-refractivity contribution in [2.24, 2.45) is 5.92 Å². The molecule has 0 saturated carbocycles. The smallest absolute Gasteiger partial charge is 0.255 e. The highest BCUT2D eigenvalue weighted by atomic mass is 16.2. The minimum Gasteiger partial charge on any atom is -0.338 e. The fourth-order valence-electron chi connectivity index (χ4n) is 3.62. The second-order valence-corrected chi connectivity index (χ2v) is 7.16. The summed E-state index contributed by atoms with van der Waals surface area (Å²) < 4.78 is 2.25. The summed E-state index contributed by atoms with van der Waals surface area (Å²) in [6, 6.07) is 7.70. The van der Waals surface area contributed by atoms with Crippen molar-refractivity contribution in [1.82, 2.24) is 24.4 Å². The number of hydrogen-bond acceptors (Lipinski definition) is 4. The van der Waals surface area contributed by atoms with Crippen LogP contribution in [-0.2, 0) is 6.54 Å². The molecule has 1 saturated heterocycles. The molecule has 1 fully saturated rings. The van der Waals surface area contributed by atoms with Gasteiger partial charge in [0.05, 0.1) is 5.56 Å². The van der Waals surface area contributed by atoms with Gasteiger partial charge in [0, 0.05) is 61.4 Å². The van der Waals surface area contributed by atoms with E-state index in [4.69, 9.17) is 0 Å². The summed E-state index contributed by atoms with van der Waals surface area (Å²) in [5.41, 5.74) is 3.78. The number of hydrogen-bond donors (Lipinski definition) is 0. The van der Waals surface area contributed by atoms with Crippen LogP contribution in [0.15, 0.2) is 49.1 Å². The molecule has 1 atom stereocenters. The molecular formula is C21H23N5O. The van der Waals surface area contributed by atoms with Gasteiger partial charge in [0.1, 0.15) is 5.82 Å². The van der Waals surface area contributed by atoms with Gasteiger partial charge in [0.15, 0.2) is 0 Å². The van der Waals surface area contributed by atoms with E-state index in [-0.39, 0.29) is 5.91 Å². The first-order chi connectivity index (χ1) is 13.1. The second kappa shape index (κ2) is 7.31. The van der Waals surface area contributed by atoms with Crippen molar-refractivity contribution in [3.8, 4) is 11.4 Å². The van der Waals surface area contributed by atoms with Crippen LogP contribution in [-0.4, -0.2) is 43.4 Å². The van der Waals surface area contributed by atoms with Gasteiger partial charge in [-0.15, -0.1) is 0 Å². The van der Waals surface area contributed by atoms with Crippen molar-refractivity contribution in [1.29, 1.82) is 0 Å². The molecule has 0 aromatic carbocycles. The minimum absolute atomic E-state index is 0.0710. The quantitative estimate of drug-likeness (QED) is 0.716. The van der Waals surface area contributed by atoms with E-state index < -0.39 is 0 Å². The molecule has 0 spiro atoms. The standard InChI is InChI=1S/C21H23N5O/c1-15-3-4-19(12-23-15)21(27)25-10-7-17(13-25)14-26-16(2)11-24-20(26)18-5-8-22-9-6-18/h3-6,8-9,11-12,17H,7,10,13-14H2,1-2H3. The molecule has 3 aromatic rings. The van der Waals surface area contributed by atoms with Crippen molar-refractivity contribution < 1.29 is 4.79 Å². The van der Waals surface area contributed by atoms with E-state index in [9.17, 15) is 4.79 Å². The highest BCUT2D eigenvalue weighted by Gasteiger charge is 2.28. The molecule has 4 heterocycles. The fourth-order valence-corrected chi connectivity index (χ4v) is 3.62. The molecule has 6 nitrogen and oxygen atoms in total. The number of likely N-dealkylation sites (tertiary alicyclic amines) is 1. The number of carbonyl (C=O) groups is 1. The van der Waals surface area contributed by atoms with Crippen LogP contribution in [0.2, 0.25) is 0 Å². The Bertz CT molecular complexity index is 933. The van der Waals surface area contributed by atoms with Crippen LogP contribution in [0.5, 0.6) is 0 Å². The van der Waals surface area contributed by atoms with Gasteiger partial charge in [-0.1, -0.05) is 0 Å². The summed E-state index contributed by atoms with van der Waals surface area (Å²) in [7, 11) is 0. The zero-order valence-electron chi connectivity index (χ0n) is 15.7. The average Bonchev–Trinajstić information content (AvgIpc) is 3.30. The number of aryl methyl sites for hydroxylation is 2. The number of pyridine rings is 2. The SMILES string of the molecule is Cc1ccc(C(=O)N2CCC(Cn3c(C)cnc3-c3ccncc3)C2)cn1. The lowest BCUT2D eigenvalue weighted by molar-refractivity contribution is 0.0785. The predicted molar refractivity (Wildman–Crippen MR) is 103 cm³/mol. The normalized spacial score (nSPS) is 16.7. The van der Waals surface area contributed by atoms with Gasteiger partial charge in [0.25, 0.3) is 5.91 Å². The first kappa shape index (κ1) is 17.4. The van der Waals surface area contributed by atoms with E-state index in [0.717, 1.165) is 48.8 Å². The summed E-state index contributed by atoms with van der Waals surface area (Å²) in [5.74, 6) is 1.45. The highest BCUT2D eigenvalue weighted by molar-refractivity contribution is 5.94. The van der Waals surface area contributed by atoms with Crippen LogP contribution in [0.4, 0.5) is 0 Å². The van der Waals surface area contributed by atoms with Crippen LogP contribution in [0, 0.1) is 19.8 Å². The van der Waals surface area contributed by atoms with Gasteiger partial charge >= 0.3 is 0 Å². The summed E-state index contributed by atoms with van der Waals surface area (Å²) >= 11 is 0. The monoisotopic (exact) mass is 361 g/mol. The van der Waals surface area contributed by atoms with Crippen LogP contribution in [0.3, 0.4) is 0 Å². The van der Waals surface area contributed by atoms with Crippen molar-refractivity contribution in [2.75, 3.05) is 13.1 Å². The van der Waals surface area contributed by atoms with E-state index in [0.29, 0.717) is 11.5 Å². The third-order valence-corrected chi connectivity index (χ3v) is 5.17. The molecule has 4 rings (SSSR count). The zero-order chi connectivity index (χ0) is 18.8. The molecule has 1 aliphatic heterocycles. The number of carbonyl (C=O) groups excluding carboxylic acids is 1. The molecule has 0 aliphatic carbocycles. The number of amides is 1. The molecule has 6 heteroatoms. The summed E-state index contributed by atoms with van der Waals surface area (Å²) in [6.45, 7) is 6.41. The van der Waals surface area contributed by atoms with Gasteiger partial charge in [0.2, 0.25) is 0 Å². The third kappa shape index (κ3) is 3.60. The van der Waals surface area contributed by atoms with Gasteiger partial charge in [-0.2, -0.15) is 0 Å². The maximum absolute atomic E-state index is 12.7. The van der Waals surface area contributed by atoms with Gasteiger partial charge in [-0.05, 0) is 50.5 Å². The van der Waals surface area contributed by atoms with E-state index in [1.54, 1.807) is 18.6 Å². The Balaban J connectivity index is 1.47. The third-order valence-electron chi connectivity index (χ3n) is 5.17. The summed E-state index contributed by atoms with van der Waals surface area (Å²) in [6.07, 6.45) is 8.15. The Morgan fingerprint density at radius 3 is 2.67 bits per heavy atom. The Morgan fingerprint density at radius 1 is 1.11 bits per heavy atom. The molecule has 0 bridgehead atoms. The first-order valence-corrected chi connectivity index (χ1v) is 9.26. The topological polar surface area (TPSA) is 63.9 Å². The Hall–Kier alpha value is -3.02. The molecule has 1 aliphatic rings. The first-order valence-electron chi connectivity index (χ1n) is 9.26. The Morgan fingerprint density at radius 2 is 1.93 bits per heavy atom. The van der Waals surface area contributed by atoms with Crippen LogP contribution in [0.25, 0.3) is 11.4 Å². The van der Waals surface area contributed by atoms with Crippen LogP contribution in [0.1, 0.15) is 28.2 Å². The molecule has 3 aromatic heterocycles. The van der Waals surface area contributed by atoms with Gasteiger partial charge < -0.3 is 9.47 Å². The van der Waals surface area contributed by atoms with Crippen LogP contribution < -0.4 is 0 Å². The number of imidazole rings is 1. The largest absolute Gasteiger partial charge is 0.338 e. The van der Waals surface area contributed by atoms with E-state index in [2.05, 4.69) is 26.4 Å². The number of aromatic nitrogens is 4. The van der Waals surface area contributed by atoms with Crippen molar-refractivity contribution in [3.63, 3.8) is 0 Å². The maximum atomic E-state index is 12.7. The molecule has 1 unspecified atom stereocenters. The average molecular weight is 361 g/mol. The lowest BCUT2D eigenvalue weighted by Gasteiger charge is -2.18. The molecule has 0 radical (unpaired) electrons. The summed E-state index contributed by atoms with van der Waals surface area (Å²) in [5, 5.41) is 0. The van der Waals surface area contributed by atoms with E-state index >= 15 is 0 Å². The fraction of sp³-hybridized carbons (Fsp3) is 0.333. The van der Waals surface area contributed by atoms with Gasteiger partial charge in [-0.25, -0.2) is 4.98 Å². The van der Waals surface area contributed by atoms with E-state index in [1.165, 1.54) is 0 Å². The van der Waals surface area contributed by atoms with Crippen molar-refractivity contribution in [2.45, 2.75) is 26.8 Å². The van der Waals surface area contributed by atoms with E-state index in [1.807, 2.05) is 42.3 Å². The molecular weight excluding hydrogens is 338 g/mol. The van der Waals surface area contributed by atoms with Crippen molar-refractivity contribution in [3.05, 3.63) is 66.0 Å². The Labute approximate surface area is 158 Å². The number of rotatable bonds is 4. The van der Waals surface area contributed by atoms with Gasteiger partial charge in [-0.3, -0.25) is 14.8 Å². The molecule has 1 amide bonds. The molecule has 0 N–H and O–H groups in total. The maximum Gasteiger partial charge on any atom is 0.255 e. The summed E-state index contributed by atoms with van der Waals surface area (Å²) in [4.78, 5) is 27.6. The minimum atomic E-state index is 0.0710. The highest BCUT2D eigenvalue weighted by Crippen LogP contribution is 2.25. The predicted octanol–water partition coefficient (Wildman–Crippen LogP) is 3.12. The Kier molecular flexibility index (Phi) is 4.71. The van der Waals surface area contributed by atoms with Crippen LogP contribution >= 0.6 is 0 Å². The lowest BCUT2D eigenvalue weighted by Crippen LogP contribution is -2.29. The zero-order valence-corrected chi connectivity index (χ0v) is 15.7. The molecule has 138 valence electrons.